The Bertz CT molecular complexity index is 579. The molecule has 0 unspecified atom stereocenters. The highest BCUT2D eigenvalue weighted by Gasteiger charge is 2.10. The maximum absolute atomic E-state index is 6.16. The van der Waals surface area contributed by atoms with Crippen molar-refractivity contribution in [3.63, 3.8) is 0 Å². The van der Waals surface area contributed by atoms with Gasteiger partial charge in [0.25, 0.3) is 0 Å². The van der Waals surface area contributed by atoms with Crippen LogP contribution in [0.2, 0.25) is 5.02 Å². The maximum atomic E-state index is 6.16. The van der Waals surface area contributed by atoms with E-state index in [9.17, 15) is 0 Å². The number of nitrogens with two attached hydrogens (primary N) is 1. The molecule has 0 saturated heterocycles. The molecule has 0 radical (unpaired) electrons. The largest absolute Gasteiger partial charge is 0.496 e. The standard InChI is InChI=1S/C15H16ClNO3/c1-18-11-6-12(19-2)8-13(7-11)20-15-10(9-17)4-3-5-14(15)16/h3-8H,9,17H2,1-2H3. The zero-order valence-electron chi connectivity index (χ0n) is 11.4. The van der Waals surface area contributed by atoms with E-state index >= 15 is 0 Å². The van der Waals surface area contributed by atoms with Crippen molar-refractivity contribution in [2.45, 2.75) is 6.54 Å². The third kappa shape index (κ3) is 3.15. The second-order valence-corrected chi connectivity index (χ2v) is 4.49. The molecule has 0 aliphatic rings. The van der Waals surface area contributed by atoms with Gasteiger partial charge in [-0.1, -0.05) is 23.7 Å². The molecule has 0 saturated carbocycles. The Balaban J connectivity index is 2.39. The predicted molar refractivity (Wildman–Crippen MR) is 79.0 cm³/mol. The van der Waals surface area contributed by atoms with E-state index in [2.05, 4.69) is 0 Å². The highest BCUT2D eigenvalue weighted by molar-refractivity contribution is 6.32. The quantitative estimate of drug-likeness (QED) is 0.915. The Hall–Kier alpha value is -1.91. The highest BCUT2D eigenvalue weighted by Crippen LogP contribution is 2.36. The first-order chi connectivity index (χ1) is 9.67. The molecule has 0 atom stereocenters. The molecule has 0 amide bonds. The molecule has 2 rings (SSSR count). The van der Waals surface area contributed by atoms with E-state index < -0.39 is 0 Å². The first-order valence-corrected chi connectivity index (χ1v) is 6.44. The molecule has 2 aromatic rings. The lowest BCUT2D eigenvalue weighted by molar-refractivity contribution is 0.386. The number of hydrogen-bond donors (Lipinski definition) is 1. The first-order valence-electron chi connectivity index (χ1n) is 6.06. The maximum Gasteiger partial charge on any atom is 0.150 e. The summed E-state index contributed by atoms with van der Waals surface area (Å²) in [4.78, 5) is 0. The Labute approximate surface area is 123 Å². The zero-order valence-corrected chi connectivity index (χ0v) is 12.1. The minimum atomic E-state index is 0.344. The van der Waals surface area contributed by atoms with E-state index in [-0.39, 0.29) is 0 Å². The lowest BCUT2D eigenvalue weighted by Gasteiger charge is -2.13. The van der Waals surface area contributed by atoms with Crippen LogP contribution in [0, 0.1) is 0 Å². The van der Waals surface area contributed by atoms with Crippen LogP contribution in [0.15, 0.2) is 36.4 Å². The molecule has 2 N–H and O–H groups in total. The molecule has 2 aromatic carbocycles. The van der Waals surface area contributed by atoms with Crippen molar-refractivity contribution in [1.29, 1.82) is 0 Å². The van der Waals surface area contributed by atoms with Crippen molar-refractivity contribution < 1.29 is 14.2 Å². The predicted octanol–water partition coefficient (Wildman–Crippen LogP) is 3.61. The molecule has 4 nitrogen and oxygen atoms in total. The molecule has 5 heteroatoms. The molecule has 20 heavy (non-hydrogen) atoms. The second-order valence-electron chi connectivity index (χ2n) is 4.08. The Morgan fingerprint density at radius 2 is 1.60 bits per heavy atom. The van der Waals surface area contributed by atoms with Crippen molar-refractivity contribution in [1.82, 2.24) is 0 Å². The van der Waals surface area contributed by atoms with Crippen LogP contribution in [0.3, 0.4) is 0 Å². The molecule has 0 aliphatic heterocycles. The van der Waals surface area contributed by atoms with E-state index in [1.807, 2.05) is 12.1 Å². The fourth-order valence-corrected chi connectivity index (χ4v) is 2.02. The fourth-order valence-electron chi connectivity index (χ4n) is 1.79. The van der Waals surface area contributed by atoms with Crippen LogP contribution in [0.25, 0.3) is 0 Å². The number of para-hydroxylation sites is 1. The fraction of sp³-hybridized carbons (Fsp3) is 0.200. The van der Waals surface area contributed by atoms with E-state index in [4.69, 9.17) is 31.5 Å². The van der Waals surface area contributed by atoms with Crippen molar-refractivity contribution in [3.8, 4) is 23.0 Å². The number of halogens is 1. The number of methoxy groups -OCH3 is 2. The zero-order chi connectivity index (χ0) is 14.5. The third-order valence-corrected chi connectivity index (χ3v) is 3.11. The summed E-state index contributed by atoms with van der Waals surface area (Å²) in [5, 5.41) is 0.509. The van der Waals surface area contributed by atoms with E-state index in [1.165, 1.54) is 0 Å². The van der Waals surface area contributed by atoms with Crippen LogP contribution in [0.1, 0.15) is 5.56 Å². The number of hydrogen-bond acceptors (Lipinski definition) is 4. The van der Waals surface area contributed by atoms with Crippen molar-refractivity contribution >= 4 is 11.6 Å². The summed E-state index contributed by atoms with van der Waals surface area (Å²) in [5.41, 5.74) is 6.53. The molecule has 0 aliphatic carbocycles. The van der Waals surface area contributed by atoms with Gasteiger partial charge in [0.15, 0.2) is 0 Å². The molecule has 0 aromatic heterocycles. The van der Waals surface area contributed by atoms with Gasteiger partial charge in [-0.25, -0.2) is 0 Å². The minimum absolute atomic E-state index is 0.344. The summed E-state index contributed by atoms with van der Waals surface area (Å²) >= 11 is 6.16. The van der Waals surface area contributed by atoms with Gasteiger partial charge >= 0.3 is 0 Å². The normalized spacial score (nSPS) is 10.2. The van der Waals surface area contributed by atoms with Crippen molar-refractivity contribution in [3.05, 3.63) is 47.0 Å². The van der Waals surface area contributed by atoms with Gasteiger partial charge in [0.2, 0.25) is 0 Å². The average molecular weight is 294 g/mol. The van der Waals surface area contributed by atoms with Gasteiger partial charge in [-0.2, -0.15) is 0 Å². The molecular weight excluding hydrogens is 278 g/mol. The summed E-state index contributed by atoms with van der Waals surface area (Å²) < 4.78 is 16.3. The Kier molecular flexibility index (Phi) is 4.71. The SMILES string of the molecule is COc1cc(OC)cc(Oc2c(Cl)cccc2CN)c1. The molecule has 0 heterocycles. The summed E-state index contributed by atoms with van der Waals surface area (Å²) in [7, 11) is 3.17. The minimum Gasteiger partial charge on any atom is -0.496 e. The van der Waals surface area contributed by atoms with Gasteiger partial charge in [-0.3, -0.25) is 0 Å². The lowest BCUT2D eigenvalue weighted by atomic mass is 10.2. The molecule has 0 fully saturated rings. The van der Waals surface area contributed by atoms with E-state index in [1.54, 1.807) is 38.5 Å². The van der Waals surface area contributed by atoms with Crippen LogP contribution >= 0.6 is 11.6 Å². The monoisotopic (exact) mass is 293 g/mol. The Morgan fingerprint density at radius 1 is 1.00 bits per heavy atom. The van der Waals surface area contributed by atoms with Gasteiger partial charge in [-0.05, 0) is 6.07 Å². The third-order valence-electron chi connectivity index (χ3n) is 2.81. The van der Waals surface area contributed by atoms with Crippen LogP contribution in [0.4, 0.5) is 0 Å². The molecular formula is C15H16ClNO3. The lowest BCUT2D eigenvalue weighted by Crippen LogP contribution is -2.00. The summed E-state index contributed by atoms with van der Waals surface area (Å²) in [6, 6.07) is 10.7. The summed E-state index contributed by atoms with van der Waals surface area (Å²) in [6.45, 7) is 0.344. The van der Waals surface area contributed by atoms with Crippen LogP contribution in [-0.4, -0.2) is 14.2 Å². The van der Waals surface area contributed by atoms with Crippen LogP contribution in [0.5, 0.6) is 23.0 Å². The molecule has 0 bridgehead atoms. The molecule has 106 valence electrons. The van der Waals surface area contributed by atoms with Gasteiger partial charge in [-0.15, -0.1) is 0 Å². The van der Waals surface area contributed by atoms with Crippen LogP contribution < -0.4 is 19.9 Å². The Morgan fingerprint density at radius 3 is 2.15 bits per heavy atom. The number of rotatable bonds is 5. The highest BCUT2D eigenvalue weighted by atomic mass is 35.5. The average Bonchev–Trinajstić information content (AvgIpc) is 2.48. The second kappa shape index (κ2) is 6.50. The van der Waals surface area contributed by atoms with Crippen LogP contribution in [-0.2, 0) is 6.54 Å². The van der Waals surface area contributed by atoms with Gasteiger partial charge in [0.1, 0.15) is 23.0 Å². The number of ether oxygens (including phenoxy) is 3. The van der Waals surface area contributed by atoms with Gasteiger partial charge in [0, 0.05) is 30.3 Å². The first kappa shape index (κ1) is 14.5. The van der Waals surface area contributed by atoms with Gasteiger partial charge in [0.05, 0.1) is 19.2 Å². The summed E-state index contributed by atoms with van der Waals surface area (Å²) in [5.74, 6) is 2.40. The van der Waals surface area contributed by atoms with E-state index in [0.29, 0.717) is 34.6 Å². The van der Waals surface area contributed by atoms with Gasteiger partial charge < -0.3 is 19.9 Å². The molecule has 0 spiro atoms. The topological polar surface area (TPSA) is 53.7 Å². The van der Waals surface area contributed by atoms with E-state index in [0.717, 1.165) is 5.56 Å². The van der Waals surface area contributed by atoms with Crippen molar-refractivity contribution in [2.24, 2.45) is 5.73 Å². The van der Waals surface area contributed by atoms with Crippen molar-refractivity contribution in [2.75, 3.05) is 14.2 Å². The smallest absolute Gasteiger partial charge is 0.150 e. The number of benzene rings is 2. The summed E-state index contributed by atoms with van der Waals surface area (Å²) in [6.07, 6.45) is 0.